The Bertz CT molecular complexity index is 661. The molecule has 0 amide bonds. The van der Waals surface area contributed by atoms with E-state index in [-0.39, 0.29) is 12.1 Å². The second-order valence-corrected chi connectivity index (χ2v) is 9.13. The fraction of sp³-hybridized carbons (Fsp3) is 0.696. The van der Waals surface area contributed by atoms with Crippen LogP contribution in [0.15, 0.2) is 12.1 Å². The first-order valence-corrected chi connectivity index (χ1v) is 12.2. The third-order valence-corrected chi connectivity index (χ3v) is 6.85. The maximum atomic E-state index is 12.3. The van der Waals surface area contributed by atoms with Crippen molar-refractivity contribution in [3.63, 3.8) is 0 Å². The van der Waals surface area contributed by atoms with Crippen molar-refractivity contribution in [3.05, 3.63) is 23.3 Å². The molecule has 0 radical (unpaired) electrons. The lowest BCUT2D eigenvalue weighted by molar-refractivity contribution is 0.0361. The minimum atomic E-state index is -0.281. The van der Waals surface area contributed by atoms with Gasteiger partial charge in [0.2, 0.25) is 0 Å². The number of fused-ring (bicyclic) bond motifs is 1. The number of rotatable bonds is 12. The molecule has 2 aliphatic rings. The number of esters is 1. The van der Waals surface area contributed by atoms with E-state index in [1.807, 2.05) is 6.07 Å². The van der Waals surface area contributed by atoms with Crippen LogP contribution >= 0.6 is 11.8 Å². The van der Waals surface area contributed by atoms with Crippen molar-refractivity contribution in [1.82, 2.24) is 4.90 Å². The van der Waals surface area contributed by atoms with Crippen molar-refractivity contribution in [2.75, 3.05) is 45.4 Å². The molecule has 6 heteroatoms. The SMILES string of the molecule is COc1cc(OC)c2c(c1)C(CCCCCCCCCN1CCSCC1)OC2=O. The average molecular weight is 422 g/mol. The lowest BCUT2D eigenvalue weighted by Gasteiger charge is -2.25. The Morgan fingerprint density at radius 2 is 1.69 bits per heavy atom. The minimum absolute atomic E-state index is 0.177. The Morgan fingerprint density at radius 3 is 2.38 bits per heavy atom. The molecule has 0 aromatic heterocycles. The fourth-order valence-corrected chi connectivity index (χ4v) is 5.18. The number of methoxy groups -OCH3 is 2. The Kier molecular flexibility index (Phi) is 8.99. The number of nitrogens with zero attached hydrogens (tertiary/aromatic N) is 1. The van der Waals surface area contributed by atoms with E-state index < -0.39 is 0 Å². The number of carbonyl (C=O) groups excluding carboxylic acids is 1. The monoisotopic (exact) mass is 421 g/mol. The highest BCUT2D eigenvalue weighted by atomic mass is 32.2. The molecule has 3 rings (SSSR count). The summed E-state index contributed by atoms with van der Waals surface area (Å²) >= 11 is 2.08. The lowest BCUT2D eigenvalue weighted by Crippen LogP contribution is -2.33. The molecule has 1 atom stereocenters. The summed E-state index contributed by atoms with van der Waals surface area (Å²) in [5.74, 6) is 3.57. The van der Waals surface area contributed by atoms with Gasteiger partial charge in [0.25, 0.3) is 0 Å². The summed E-state index contributed by atoms with van der Waals surface area (Å²) in [5, 5.41) is 0. The standard InChI is InChI=1S/C23H35NO4S/c1-26-18-16-19-20(28-23(25)22(19)21(17-18)27-2)10-8-6-4-3-5-7-9-11-24-12-14-29-15-13-24/h16-17,20H,3-15H2,1-2H3. The summed E-state index contributed by atoms with van der Waals surface area (Å²) in [4.78, 5) is 14.9. The lowest BCUT2D eigenvalue weighted by atomic mass is 9.99. The molecule has 1 aromatic rings. The molecule has 2 heterocycles. The zero-order valence-electron chi connectivity index (χ0n) is 17.9. The van der Waals surface area contributed by atoms with Gasteiger partial charge in [0.15, 0.2) is 0 Å². The van der Waals surface area contributed by atoms with Crippen LogP contribution < -0.4 is 9.47 Å². The number of thioether (sulfide) groups is 1. The number of benzene rings is 1. The van der Waals surface area contributed by atoms with Gasteiger partial charge in [-0.1, -0.05) is 32.1 Å². The van der Waals surface area contributed by atoms with E-state index in [1.165, 1.54) is 69.7 Å². The van der Waals surface area contributed by atoms with Crippen LogP contribution in [0.5, 0.6) is 11.5 Å². The topological polar surface area (TPSA) is 48.0 Å². The first-order chi connectivity index (χ1) is 14.2. The van der Waals surface area contributed by atoms with Gasteiger partial charge >= 0.3 is 5.97 Å². The molecule has 1 saturated heterocycles. The summed E-state index contributed by atoms with van der Waals surface area (Å²) in [6.07, 6.45) is 9.52. The highest BCUT2D eigenvalue weighted by molar-refractivity contribution is 7.99. The molecule has 2 aliphatic heterocycles. The molecule has 1 unspecified atom stereocenters. The molecule has 0 bridgehead atoms. The predicted molar refractivity (Wildman–Crippen MR) is 118 cm³/mol. The van der Waals surface area contributed by atoms with E-state index in [9.17, 15) is 4.79 Å². The first kappa shape index (κ1) is 22.3. The number of hydrogen-bond acceptors (Lipinski definition) is 6. The molecular formula is C23H35NO4S. The zero-order chi connectivity index (χ0) is 20.5. The van der Waals surface area contributed by atoms with E-state index in [0.717, 1.165) is 18.4 Å². The summed E-state index contributed by atoms with van der Waals surface area (Å²) in [6.45, 7) is 3.83. The van der Waals surface area contributed by atoms with Crippen LogP contribution in [0.1, 0.15) is 73.4 Å². The highest BCUT2D eigenvalue weighted by Gasteiger charge is 2.34. The van der Waals surface area contributed by atoms with Gasteiger partial charge < -0.3 is 19.1 Å². The highest BCUT2D eigenvalue weighted by Crippen LogP contribution is 2.41. The van der Waals surface area contributed by atoms with Crippen LogP contribution in [0.25, 0.3) is 0 Å². The Balaban J connectivity index is 1.31. The summed E-state index contributed by atoms with van der Waals surface area (Å²) in [7, 11) is 3.20. The van der Waals surface area contributed by atoms with Crippen LogP contribution in [0.4, 0.5) is 0 Å². The van der Waals surface area contributed by atoms with E-state index in [2.05, 4.69) is 16.7 Å². The van der Waals surface area contributed by atoms with Crippen molar-refractivity contribution in [1.29, 1.82) is 0 Å². The summed E-state index contributed by atoms with van der Waals surface area (Å²) in [5.41, 5.74) is 1.47. The summed E-state index contributed by atoms with van der Waals surface area (Å²) < 4.78 is 16.3. The Hall–Kier alpha value is -1.40. The van der Waals surface area contributed by atoms with E-state index in [0.29, 0.717) is 17.1 Å². The third kappa shape index (κ3) is 6.29. The van der Waals surface area contributed by atoms with Crippen LogP contribution in [-0.4, -0.2) is 56.2 Å². The zero-order valence-corrected chi connectivity index (χ0v) is 18.7. The van der Waals surface area contributed by atoms with Crippen molar-refractivity contribution in [3.8, 4) is 11.5 Å². The van der Waals surface area contributed by atoms with Gasteiger partial charge in [0.05, 0.1) is 14.2 Å². The maximum absolute atomic E-state index is 12.3. The Morgan fingerprint density at radius 1 is 1.00 bits per heavy atom. The molecule has 0 N–H and O–H groups in total. The number of unbranched alkanes of at least 4 members (excludes halogenated alkanes) is 6. The normalized spacial score (nSPS) is 19.1. The molecule has 1 fully saturated rings. The van der Waals surface area contributed by atoms with Crippen molar-refractivity contribution >= 4 is 17.7 Å². The second kappa shape index (κ2) is 11.7. The smallest absolute Gasteiger partial charge is 0.342 e. The van der Waals surface area contributed by atoms with Gasteiger partial charge in [-0.15, -0.1) is 0 Å². The predicted octanol–water partition coefficient (Wildman–Crippen LogP) is 5.08. The quantitative estimate of drug-likeness (QED) is 0.346. The molecular weight excluding hydrogens is 386 g/mol. The van der Waals surface area contributed by atoms with E-state index in [1.54, 1.807) is 20.3 Å². The van der Waals surface area contributed by atoms with Gasteiger partial charge in [-0.05, 0) is 31.9 Å². The first-order valence-electron chi connectivity index (χ1n) is 11.0. The third-order valence-electron chi connectivity index (χ3n) is 5.91. The average Bonchev–Trinajstić information content (AvgIpc) is 3.08. The largest absolute Gasteiger partial charge is 0.497 e. The van der Waals surface area contributed by atoms with Gasteiger partial charge in [0, 0.05) is 36.2 Å². The van der Waals surface area contributed by atoms with Crippen LogP contribution in [0, 0.1) is 0 Å². The molecule has 0 spiro atoms. The molecule has 5 nitrogen and oxygen atoms in total. The molecule has 1 aromatic carbocycles. The second-order valence-electron chi connectivity index (χ2n) is 7.91. The summed E-state index contributed by atoms with van der Waals surface area (Å²) in [6, 6.07) is 3.65. The number of ether oxygens (including phenoxy) is 3. The minimum Gasteiger partial charge on any atom is -0.497 e. The molecule has 0 saturated carbocycles. The molecule has 162 valence electrons. The number of carbonyl (C=O) groups is 1. The van der Waals surface area contributed by atoms with Gasteiger partial charge in [-0.2, -0.15) is 11.8 Å². The fourth-order valence-electron chi connectivity index (χ4n) is 4.20. The van der Waals surface area contributed by atoms with Crippen LogP contribution in [-0.2, 0) is 4.74 Å². The van der Waals surface area contributed by atoms with E-state index in [4.69, 9.17) is 14.2 Å². The molecule has 29 heavy (non-hydrogen) atoms. The Labute approximate surface area is 179 Å². The molecule has 0 aliphatic carbocycles. The number of cyclic esters (lactones) is 1. The maximum Gasteiger partial charge on any atom is 0.342 e. The van der Waals surface area contributed by atoms with Gasteiger partial charge in [-0.25, -0.2) is 4.79 Å². The van der Waals surface area contributed by atoms with Crippen LogP contribution in [0.3, 0.4) is 0 Å². The van der Waals surface area contributed by atoms with Crippen molar-refractivity contribution in [2.24, 2.45) is 0 Å². The van der Waals surface area contributed by atoms with Gasteiger partial charge in [0.1, 0.15) is 23.2 Å². The van der Waals surface area contributed by atoms with Crippen molar-refractivity contribution < 1.29 is 19.0 Å². The van der Waals surface area contributed by atoms with Crippen LogP contribution in [0.2, 0.25) is 0 Å². The van der Waals surface area contributed by atoms with Crippen molar-refractivity contribution in [2.45, 2.75) is 57.5 Å². The number of hydrogen-bond donors (Lipinski definition) is 0. The van der Waals surface area contributed by atoms with Gasteiger partial charge in [-0.3, -0.25) is 0 Å². The van der Waals surface area contributed by atoms with E-state index >= 15 is 0 Å².